The van der Waals surface area contributed by atoms with Crippen LogP contribution in [-0.4, -0.2) is 52.1 Å². The lowest BCUT2D eigenvalue weighted by Crippen LogP contribution is -2.57. The van der Waals surface area contributed by atoms with Crippen molar-refractivity contribution in [3.63, 3.8) is 0 Å². The first-order chi connectivity index (χ1) is 10.3. The highest BCUT2D eigenvalue weighted by molar-refractivity contribution is 7.89. The third-order valence-electron chi connectivity index (χ3n) is 4.00. The van der Waals surface area contributed by atoms with E-state index in [1.165, 1.54) is 24.6 Å². The van der Waals surface area contributed by atoms with Crippen LogP contribution in [0.5, 0.6) is 11.5 Å². The maximum Gasteiger partial charge on any atom is 0.246 e. The Kier molecular flexibility index (Phi) is 4.93. The van der Waals surface area contributed by atoms with Crippen LogP contribution in [0.25, 0.3) is 0 Å². The van der Waals surface area contributed by atoms with Crippen LogP contribution in [0.4, 0.5) is 4.39 Å². The highest BCUT2D eigenvalue weighted by Gasteiger charge is 2.36. The number of nitrogens with one attached hydrogen (secondary N) is 1. The van der Waals surface area contributed by atoms with E-state index in [0.29, 0.717) is 13.1 Å². The molecule has 6 nitrogen and oxygen atoms in total. The van der Waals surface area contributed by atoms with Gasteiger partial charge in [0, 0.05) is 37.3 Å². The van der Waals surface area contributed by atoms with Crippen molar-refractivity contribution in [3.05, 3.63) is 17.9 Å². The highest BCUT2D eigenvalue weighted by Crippen LogP contribution is 2.34. The molecule has 0 aliphatic carbocycles. The summed E-state index contributed by atoms with van der Waals surface area (Å²) in [5, 5.41) is 3.20. The number of halogens is 1. The lowest BCUT2D eigenvalue weighted by atomic mass is 10.1. The van der Waals surface area contributed by atoms with Crippen LogP contribution in [0.15, 0.2) is 17.0 Å². The molecule has 2 unspecified atom stereocenters. The largest absolute Gasteiger partial charge is 0.493 e. The van der Waals surface area contributed by atoms with Gasteiger partial charge in [-0.25, -0.2) is 12.8 Å². The lowest BCUT2D eigenvalue weighted by Gasteiger charge is -2.37. The summed E-state index contributed by atoms with van der Waals surface area (Å²) in [7, 11) is -1.21. The minimum atomic E-state index is -3.95. The molecule has 1 N–H and O–H groups in total. The average Bonchev–Trinajstić information content (AvgIpc) is 2.49. The minimum absolute atomic E-state index is 0.00766. The van der Waals surface area contributed by atoms with Crippen LogP contribution in [0.3, 0.4) is 0 Å². The number of ether oxygens (including phenoxy) is 2. The van der Waals surface area contributed by atoms with Gasteiger partial charge in [-0.05, 0) is 13.8 Å². The van der Waals surface area contributed by atoms with Crippen molar-refractivity contribution in [1.29, 1.82) is 0 Å². The molecule has 0 radical (unpaired) electrons. The molecule has 2 atom stereocenters. The van der Waals surface area contributed by atoms with E-state index in [-0.39, 0.29) is 23.6 Å². The van der Waals surface area contributed by atoms with Gasteiger partial charge in [-0.2, -0.15) is 4.31 Å². The summed E-state index contributed by atoms with van der Waals surface area (Å²) in [6, 6.07) is 1.92. The number of nitrogens with zero attached hydrogens (tertiary/aromatic N) is 1. The average molecular weight is 332 g/mol. The summed E-state index contributed by atoms with van der Waals surface area (Å²) in [5.74, 6) is -0.518. The Morgan fingerprint density at radius 2 is 1.82 bits per heavy atom. The van der Waals surface area contributed by atoms with Gasteiger partial charge < -0.3 is 14.8 Å². The Balaban J connectivity index is 2.49. The van der Waals surface area contributed by atoms with Crippen molar-refractivity contribution in [1.82, 2.24) is 9.62 Å². The first-order valence-corrected chi connectivity index (χ1v) is 8.43. The number of piperazine rings is 1. The summed E-state index contributed by atoms with van der Waals surface area (Å²) in [6.07, 6.45) is 0. The zero-order valence-corrected chi connectivity index (χ0v) is 13.9. The third-order valence-corrected chi connectivity index (χ3v) is 6.00. The van der Waals surface area contributed by atoms with E-state index in [0.717, 1.165) is 6.07 Å². The number of hydrogen-bond acceptors (Lipinski definition) is 5. The van der Waals surface area contributed by atoms with E-state index in [1.807, 2.05) is 6.92 Å². The predicted molar refractivity (Wildman–Crippen MR) is 80.3 cm³/mol. The zero-order valence-electron chi connectivity index (χ0n) is 13.1. The molecule has 1 aliphatic heterocycles. The van der Waals surface area contributed by atoms with Crippen LogP contribution in [0, 0.1) is 5.82 Å². The van der Waals surface area contributed by atoms with Crippen molar-refractivity contribution in [3.8, 4) is 11.5 Å². The van der Waals surface area contributed by atoms with Crippen LogP contribution < -0.4 is 14.8 Å². The molecule has 0 bridgehead atoms. The van der Waals surface area contributed by atoms with Gasteiger partial charge in [0.25, 0.3) is 0 Å². The van der Waals surface area contributed by atoms with Crippen LogP contribution in [0.1, 0.15) is 13.8 Å². The van der Waals surface area contributed by atoms with Crippen molar-refractivity contribution < 1.29 is 22.3 Å². The summed E-state index contributed by atoms with van der Waals surface area (Å²) in [5.41, 5.74) is 0. The minimum Gasteiger partial charge on any atom is -0.493 e. The molecule has 8 heteroatoms. The summed E-state index contributed by atoms with van der Waals surface area (Å²) in [4.78, 5) is -0.397. The van der Waals surface area contributed by atoms with Crippen LogP contribution >= 0.6 is 0 Å². The molecule has 1 aliphatic rings. The molecule has 0 aromatic heterocycles. The molecule has 22 heavy (non-hydrogen) atoms. The highest BCUT2D eigenvalue weighted by atomic mass is 32.2. The Bertz CT molecular complexity index is 650. The molecule has 0 amide bonds. The quantitative estimate of drug-likeness (QED) is 0.898. The molecular weight excluding hydrogens is 311 g/mol. The van der Waals surface area contributed by atoms with E-state index >= 15 is 0 Å². The number of hydrogen-bond donors (Lipinski definition) is 1. The molecule has 1 aromatic carbocycles. The van der Waals surface area contributed by atoms with Crippen molar-refractivity contribution >= 4 is 10.0 Å². The molecule has 1 fully saturated rings. The molecule has 0 saturated carbocycles. The molecule has 1 saturated heterocycles. The number of methoxy groups -OCH3 is 2. The van der Waals surface area contributed by atoms with E-state index in [1.54, 1.807) is 6.92 Å². The van der Waals surface area contributed by atoms with E-state index in [2.05, 4.69) is 5.32 Å². The fourth-order valence-corrected chi connectivity index (χ4v) is 4.29. The second-order valence-corrected chi connectivity index (χ2v) is 7.10. The van der Waals surface area contributed by atoms with Crippen molar-refractivity contribution in [2.75, 3.05) is 27.3 Å². The Labute approximate surface area is 130 Å². The van der Waals surface area contributed by atoms with Gasteiger partial charge in [0.05, 0.1) is 14.2 Å². The molecular formula is C14H21FN2O4S. The predicted octanol–water partition coefficient (Wildman–Crippen LogP) is 1.21. The van der Waals surface area contributed by atoms with Gasteiger partial charge >= 0.3 is 0 Å². The normalized spacial score (nSPS) is 23.3. The second kappa shape index (κ2) is 6.39. The standard InChI is InChI=1S/C14H21FN2O4S/c1-9-10(2)17(6-5-16-9)22(18,19)14-8-13(21-4)12(20-3)7-11(14)15/h7-10,16H,5-6H2,1-4H3. The SMILES string of the molecule is COc1cc(F)c(S(=O)(=O)N2CCNC(C)C2C)cc1OC. The van der Waals surface area contributed by atoms with Gasteiger partial charge in [-0.1, -0.05) is 0 Å². The first kappa shape index (κ1) is 17.0. The molecule has 124 valence electrons. The number of rotatable bonds is 4. The van der Waals surface area contributed by atoms with Gasteiger partial charge in [0.1, 0.15) is 10.7 Å². The monoisotopic (exact) mass is 332 g/mol. The van der Waals surface area contributed by atoms with Crippen LogP contribution in [0.2, 0.25) is 0 Å². The summed E-state index contributed by atoms with van der Waals surface area (Å²) >= 11 is 0. The molecule has 0 spiro atoms. The molecule has 2 rings (SSSR count). The maximum atomic E-state index is 14.3. The summed E-state index contributed by atoms with van der Waals surface area (Å²) in [6.45, 7) is 4.52. The third kappa shape index (κ3) is 2.90. The zero-order chi connectivity index (χ0) is 16.5. The van der Waals surface area contributed by atoms with Gasteiger partial charge in [-0.15, -0.1) is 0 Å². The number of benzene rings is 1. The fraction of sp³-hybridized carbons (Fsp3) is 0.571. The van der Waals surface area contributed by atoms with Crippen LogP contribution in [-0.2, 0) is 10.0 Å². The number of sulfonamides is 1. The fourth-order valence-electron chi connectivity index (χ4n) is 2.52. The first-order valence-electron chi connectivity index (χ1n) is 6.99. The second-order valence-electron chi connectivity index (χ2n) is 5.24. The van der Waals surface area contributed by atoms with Crippen molar-refractivity contribution in [2.45, 2.75) is 30.8 Å². The Hall–Kier alpha value is -1.38. The van der Waals surface area contributed by atoms with Gasteiger partial charge in [-0.3, -0.25) is 0 Å². The van der Waals surface area contributed by atoms with Gasteiger partial charge in [0.15, 0.2) is 11.5 Å². The Morgan fingerprint density at radius 1 is 1.23 bits per heavy atom. The topological polar surface area (TPSA) is 67.9 Å². The van der Waals surface area contributed by atoms with Crippen molar-refractivity contribution in [2.24, 2.45) is 0 Å². The van der Waals surface area contributed by atoms with Gasteiger partial charge in [0.2, 0.25) is 10.0 Å². The molecule has 1 heterocycles. The van der Waals surface area contributed by atoms with E-state index in [9.17, 15) is 12.8 Å². The lowest BCUT2D eigenvalue weighted by molar-refractivity contribution is 0.232. The maximum absolute atomic E-state index is 14.3. The van der Waals surface area contributed by atoms with E-state index in [4.69, 9.17) is 9.47 Å². The smallest absolute Gasteiger partial charge is 0.246 e. The van der Waals surface area contributed by atoms with E-state index < -0.39 is 20.7 Å². The Morgan fingerprint density at radius 3 is 2.41 bits per heavy atom. The molecule has 1 aromatic rings. The summed E-state index contributed by atoms with van der Waals surface area (Å²) < 4.78 is 51.2.